The van der Waals surface area contributed by atoms with Gasteiger partial charge in [0, 0.05) is 18.4 Å². The smallest absolute Gasteiger partial charge is 0.306 e. The summed E-state index contributed by atoms with van der Waals surface area (Å²) in [4.78, 5) is 11.4. The van der Waals surface area contributed by atoms with Gasteiger partial charge in [0.05, 0.1) is 6.42 Å². The second kappa shape index (κ2) is 11.3. The summed E-state index contributed by atoms with van der Waals surface area (Å²) in [6.07, 6.45) is 9.10. The number of carbonyl (C=O) groups excluding carboxylic acids is 1. The van der Waals surface area contributed by atoms with Gasteiger partial charge in [-0.15, -0.1) is 0 Å². The average molecular weight is 465 g/mol. The Hall–Kier alpha value is -2.17. The SMILES string of the molecule is C[C@@H]1CC(=O)O[C@H]1C/C=C\CCC[C@H](C)O[Si](c1ccccc1)(c1ccccc1)C(C)(C)C. The average Bonchev–Trinajstić information content (AvgIpc) is 3.11. The van der Waals surface area contributed by atoms with Gasteiger partial charge in [-0.05, 0) is 41.6 Å². The molecule has 2 aromatic carbocycles. The molecule has 1 saturated heterocycles. The van der Waals surface area contributed by atoms with E-state index in [1.165, 1.54) is 10.4 Å². The number of esters is 1. The van der Waals surface area contributed by atoms with Crippen LogP contribution in [-0.4, -0.2) is 26.5 Å². The number of hydrogen-bond acceptors (Lipinski definition) is 3. The van der Waals surface area contributed by atoms with Crippen LogP contribution in [0.15, 0.2) is 72.8 Å². The number of allylic oxidation sites excluding steroid dienone is 1. The third kappa shape index (κ3) is 6.24. The third-order valence-corrected chi connectivity index (χ3v) is 11.9. The van der Waals surface area contributed by atoms with Crippen LogP contribution in [0.25, 0.3) is 0 Å². The Morgan fingerprint density at radius 2 is 1.61 bits per heavy atom. The van der Waals surface area contributed by atoms with Crippen LogP contribution in [0.5, 0.6) is 0 Å². The first kappa shape index (κ1) is 25.4. The van der Waals surface area contributed by atoms with Gasteiger partial charge in [0.1, 0.15) is 6.10 Å². The monoisotopic (exact) mass is 464 g/mol. The fraction of sp³-hybridized carbons (Fsp3) is 0.483. The lowest BCUT2D eigenvalue weighted by Gasteiger charge is -2.44. The Kier molecular flexibility index (Phi) is 8.72. The fourth-order valence-corrected chi connectivity index (χ4v) is 9.67. The molecule has 178 valence electrons. The number of benzene rings is 2. The molecular formula is C29H40O3Si. The molecule has 0 N–H and O–H groups in total. The van der Waals surface area contributed by atoms with Crippen LogP contribution in [-0.2, 0) is 14.0 Å². The molecule has 0 bridgehead atoms. The van der Waals surface area contributed by atoms with Crippen LogP contribution < -0.4 is 10.4 Å². The van der Waals surface area contributed by atoms with Crippen LogP contribution in [0.4, 0.5) is 0 Å². The van der Waals surface area contributed by atoms with E-state index in [4.69, 9.17) is 9.16 Å². The van der Waals surface area contributed by atoms with Crippen LogP contribution in [0.3, 0.4) is 0 Å². The molecule has 0 saturated carbocycles. The highest BCUT2D eigenvalue weighted by Gasteiger charge is 2.50. The Labute approximate surface area is 201 Å². The van der Waals surface area contributed by atoms with E-state index < -0.39 is 8.32 Å². The van der Waals surface area contributed by atoms with Gasteiger partial charge in [-0.1, -0.05) is 101 Å². The number of unbranched alkanes of at least 4 members (excludes halogenated alkanes) is 1. The zero-order valence-corrected chi connectivity index (χ0v) is 21.9. The Bertz CT molecular complexity index is 862. The maximum atomic E-state index is 11.4. The van der Waals surface area contributed by atoms with Gasteiger partial charge in [0.25, 0.3) is 8.32 Å². The zero-order valence-electron chi connectivity index (χ0n) is 20.9. The van der Waals surface area contributed by atoms with Crippen molar-refractivity contribution in [1.29, 1.82) is 0 Å². The van der Waals surface area contributed by atoms with Gasteiger partial charge in [-0.3, -0.25) is 4.79 Å². The van der Waals surface area contributed by atoms with Crippen LogP contribution in [0.2, 0.25) is 5.04 Å². The highest BCUT2D eigenvalue weighted by atomic mass is 28.4. The molecule has 2 aromatic rings. The molecule has 33 heavy (non-hydrogen) atoms. The van der Waals surface area contributed by atoms with Crippen molar-refractivity contribution < 1.29 is 14.0 Å². The van der Waals surface area contributed by atoms with E-state index in [-0.39, 0.29) is 23.2 Å². The predicted octanol–water partition coefficient (Wildman–Crippen LogP) is 6.02. The summed E-state index contributed by atoms with van der Waals surface area (Å²) in [6, 6.07) is 21.7. The first-order valence-electron chi connectivity index (χ1n) is 12.4. The molecule has 3 nitrogen and oxygen atoms in total. The van der Waals surface area contributed by atoms with Crippen molar-refractivity contribution in [2.75, 3.05) is 0 Å². The summed E-state index contributed by atoms with van der Waals surface area (Å²) in [5.41, 5.74) is 0. The minimum atomic E-state index is -2.49. The summed E-state index contributed by atoms with van der Waals surface area (Å²) < 4.78 is 12.5. The van der Waals surface area contributed by atoms with E-state index in [0.29, 0.717) is 12.3 Å². The van der Waals surface area contributed by atoms with Crippen LogP contribution in [0, 0.1) is 5.92 Å². The lowest BCUT2D eigenvalue weighted by Crippen LogP contribution is -2.67. The second-order valence-corrected chi connectivity index (χ2v) is 14.7. The standard InChI is InChI=1S/C29H40O3Si/c1-23-22-28(30)31-27(23)21-15-7-6-10-16-24(2)32-33(29(3,4)5,25-17-11-8-12-18-25)26-19-13-9-14-20-26/h7-9,11-15,17-20,23-24,27H,6,10,16,21-22H2,1-5H3/b15-7-/t23-,24+,27+/m1/s1. The molecule has 0 aromatic heterocycles. The number of rotatable bonds is 10. The largest absolute Gasteiger partial charge is 0.462 e. The topological polar surface area (TPSA) is 35.5 Å². The first-order valence-corrected chi connectivity index (χ1v) is 14.3. The van der Waals surface area contributed by atoms with Crippen molar-refractivity contribution in [3.8, 4) is 0 Å². The minimum Gasteiger partial charge on any atom is -0.462 e. The van der Waals surface area contributed by atoms with E-state index in [2.05, 4.69) is 107 Å². The molecular weight excluding hydrogens is 424 g/mol. The highest BCUT2D eigenvalue weighted by molar-refractivity contribution is 6.99. The summed E-state index contributed by atoms with van der Waals surface area (Å²) in [6.45, 7) is 11.3. The van der Waals surface area contributed by atoms with Crippen LogP contribution in [0.1, 0.15) is 66.7 Å². The van der Waals surface area contributed by atoms with E-state index in [1.807, 2.05) is 0 Å². The van der Waals surface area contributed by atoms with Gasteiger partial charge in [0.2, 0.25) is 0 Å². The highest BCUT2D eigenvalue weighted by Crippen LogP contribution is 2.38. The lowest BCUT2D eigenvalue weighted by molar-refractivity contribution is -0.141. The van der Waals surface area contributed by atoms with Crippen molar-refractivity contribution in [3.05, 3.63) is 72.8 Å². The number of carbonyl (C=O) groups is 1. The van der Waals surface area contributed by atoms with Crippen LogP contribution >= 0.6 is 0 Å². The molecule has 0 aliphatic carbocycles. The Morgan fingerprint density at radius 1 is 1.03 bits per heavy atom. The number of hydrogen-bond donors (Lipinski definition) is 0. The molecule has 1 aliphatic heterocycles. The van der Waals surface area contributed by atoms with E-state index in [1.54, 1.807) is 0 Å². The van der Waals surface area contributed by atoms with Gasteiger partial charge in [0.15, 0.2) is 0 Å². The summed E-state index contributed by atoms with van der Waals surface area (Å²) in [5.74, 6) is 0.261. The summed E-state index contributed by atoms with van der Waals surface area (Å²) >= 11 is 0. The van der Waals surface area contributed by atoms with Crippen molar-refractivity contribution in [2.45, 2.75) is 84.0 Å². The number of cyclic esters (lactones) is 1. The lowest BCUT2D eigenvalue weighted by atomic mass is 10.0. The molecule has 1 fully saturated rings. The molecule has 0 spiro atoms. The fourth-order valence-electron chi connectivity index (χ4n) is 4.93. The van der Waals surface area contributed by atoms with E-state index in [0.717, 1.165) is 25.7 Å². The van der Waals surface area contributed by atoms with Gasteiger partial charge < -0.3 is 9.16 Å². The molecule has 0 unspecified atom stereocenters. The van der Waals surface area contributed by atoms with Gasteiger partial charge in [-0.25, -0.2) is 0 Å². The van der Waals surface area contributed by atoms with Crippen molar-refractivity contribution >= 4 is 24.7 Å². The zero-order chi connectivity index (χ0) is 23.9. The third-order valence-electron chi connectivity index (χ3n) is 6.72. The molecule has 4 heteroatoms. The molecule has 3 rings (SSSR count). The van der Waals surface area contributed by atoms with Gasteiger partial charge in [-0.2, -0.15) is 0 Å². The Balaban J connectivity index is 1.65. The quantitative estimate of drug-likeness (QED) is 0.187. The van der Waals surface area contributed by atoms with Crippen molar-refractivity contribution in [1.82, 2.24) is 0 Å². The summed E-state index contributed by atoms with van der Waals surface area (Å²) in [5, 5.41) is 2.66. The number of ether oxygens (including phenoxy) is 1. The van der Waals surface area contributed by atoms with Gasteiger partial charge >= 0.3 is 5.97 Å². The molecule has 0 amide bonds. The molecule has 1 heterocycles. The van der Waals surface area contributed by atoms with E-state index in [9.17, 15) is 4.79 Å². The minimum absolute atomic E-state index is 0.000715. The maximum Gasteiger partial charge on any atom is 0.306 e. The predicted molar refractivity (Wildman–Crippen MR) is 139 cm³/mol. The Morgan fingerprint density at radius 3 is 2.09 bits per heavy atom. The molecule has 3 atom stereocenters. The summed E-state index contributed by atoms with van der Waals surface area (Å²) in [7, 11) is -2.49. The second-order valence-electron chi connectivity index (χ2n) is 10.4. The van der Waals surface area contributed by atoms with Crippen molar-refractivity contribution in [3.63, 3.8) is 0 Å². The van der Waals surface area contributed by atoms with E-state index >= 15 is 0 Å². The maximum absolute atomic E-state index is 11.4. The molecule has 0 radical (unpaired) electrons. The first-order chi connectivity index (χ1) is 15.7. The normalized spacial score (nSPS) is 20.2. The van der Waals surface area contributed by atoms with Crippen molar-refractivity contribution in [2.24, 2.45) is 5.92 Å². The molecule has 1 aliphatic rings.